The summed E-state index contributed by atoms with van der Waals surface area (Å²) in [6.07, 6.45) is 2.87. The second kappa shape index (κ2) is 5.71. The number of rotatable bonds is 6. The third-order valence-electron chi connectivity index (χ3n) is 4.37. The first-order valence-corrected chi connectivity index (χ1v) is 7.19. The van der Waals surface area contributed by atoms with Crippen LogP contribution in [0.15, 0.2) is 0 Å². The van der Waals surface area contributed by atoms with Crippen molar-refractivity contribution in [1.29, 1.82) is 0 Å². The summed E-state index contributed by atoms with van der Waals surface area (Å²) in [5.41, 5.74) is 0.231. The van der Waals surface area contributed by atoms with Crippen molar-refractivity contribution in [3.05, 3.63) is 0 Å². The van der Waals surface area contributed by atoms with Gasteiger partial charge in [-0.2, -0.15) is 0 Å². The van der Waals surface area contributed by atoms with Crippen molar-refractivity contribution < 1.29 is 0 Å². The van der Waals surface area contributed by atoms with E-state index in [-0.39, 0.29) is 5.54 Å². The topological polar surface area (TPSA) is 15.3 Å². The Morgan fingerprint density at radius 2 is 1.71 bits per heavy atom. The van der Waals surface area contributed by atoms with Gasteiger partial charge in [-0.1, -0.05) is 6.92 Å². The Bertz CT molecular complexity index is 228. The number of nitrogens with zero attached hydrogens (tertiary/aromatic N) is 1. The van der Waals surface area contributed by atoms with Gasteiger partial charge in [0.1, 0.15) is 0 Å². The van der Waals surface area contributed by atoms with Crippen LogP contribution in [0.2, 0.25) is 0 Å². The van der Waals surface area contributed by atoms with Crippen LogP contribution in [-0.4, -0.2) is 36.1 Å². The average molecular weight is 240 g/mol. The Labute approximate surface area is 108 Å². The molecular formula is C15H32N2. The fourth-order valence-corrected chi connectivity index (χ4v) is 2.32. The number of nitrogens with one attached hydrogen (secondary N) is 1. The number of hydrogen-bond donors (Lipinski definition) is 1. The Morgan fingerprint density at radius 3 is 2.12 bits per heavy atom. The van der Waals surface area contributed by atoms with Gasteiger partial charge in [-0.25, -0.2) is 0 Å². The Hall–Kier alpha value is -0.0800. The maximum absolute atomic E-state index is 3.61. The largest absolute Gasteiger partial charge is 0.312 e. The van der Waals surface area contributed by atoms with Crippen molar-refractivity contribution >= 4 is 0 Å². The average Bonchev–Trinajstić information content (AvgIpc) is 3.05. The molecule has 3 atom stereocenters. The molecular weight excluding hydrogens is 208 g/mol. The Morgan fingerprint density at radius 1 is 1.18 bits per heavy atom. The van der Waals surface area contributed by atoms with Gasteiger partial charge < -0.3 is 10.2 Å². The highest BCUT2D eigenvalue weighted by Crippen LogP contribution is 2.35. The highest BCUT2D eigenvalue weighted by molar-refractivity contribution is 4.87. The number of hydrogen-bond acceptors (Lipinski definition) is 2. The molecule has 2 nitrogen and oxygen atoms in total. The molecule has 0 aromatic rings. The predicted octanol–water partition coefficient (Wildman–Crippen LogP) is 3.13. The monoisotopic (exact) mass is 240 g/mol. The summed E-state index contributed by atoms with van der Waals surface area (Å²) >= 11 is 0. The molecule has 17 heavy (non-hydrogen) atoms. The third-order valence-corrected chi connectivity index (χ3v) is 4.37. The molecule has 0 saturated heterocycles. The van der Waals surface area contributed by atoms with Gasteiger partial charge in [0.05, 0.1) is 0 Å². The van der Waals surface area contributed by atoms with Gasteiger partial charge in [-0.3, -0.25) is 0 Å². The third kappa shape index (κ3) is 4.97. The first-order chi connectivity index (χ1) is 7.72. The zero-order valence-electron chi connectivity index (χ0n) is 12.9. The maximum Gasteiger partial charge on any atom is 0.0105 e. The van der Waals surface area contributed by atoms with Gasteiger partial charge in [0.25, 0.3) is 0 Å². The first kappa shape index (κ1) is 15.0. The molecule has 1 rings (SSSR count). The molecule has 1 N–H and O–H groups in total. The van der Waals surface area contributed by atoms with Gasteiger partial charge >= 0.3 is 0 Å². The van der Waals surface area contributed by atoms with Crippen molar-refractivity contribution in [1.82, 2.24) is 10.2 Å². The van der Waals surface area contributed by atoms with E-state index < -0.39 is 0 Å². The first-order valence-electron chi connectivity index (χ1n) is 7.19. The maximum atomic E-state index is 3.61. The second-order valence-corrected chi connectivity index (χ2v) is 7.09. The van der Waals surface area contributed by atoms with E-state index in [0.717, 1.165) is 18.5 Å². The van der Waals surface area contributed by atoms with Crippen LogP contribution in [0.4, 0.5) is 0 Å². The van der Waals surface area contributed by atoms with Gasteiger partial charge in [-0.15, -0.1) is 0 Å². The second-order valence-electron chi connectivity index (χ2n) is 7.09. The van der Waals surface area contributed by atoms with E-state index in [1.807, 2.05) is 0 Å². The van der Waals surface area contributed by atoms with Crippen LogP contribution in [0.3, 0.4) is 0 Å². The molecule has 3 unspecified atom stereocenters. The van der Waals surface area contributed by atoms with Crippen LogP contribution >= 0.6 is 0 Å². The lowest BCUT2D eigenvalue weighted by molar-refractivity contribution is 0.132. The van der Waals surface area contributed by atoms with E-state index in [1.54, 1.807) is 0 Å². The van der Waals surface area contributed by atoms with Crippen molar-refractivity contribution in [3.8, 4) is 0 Å². The summed E-state index contributed by atoms with van der Waals surface area (Å²) in [7, 11) is 2.29. The highest BCUT2D eigenvalue weighted by atomic mass is 15.2. The summed E-state index contributed by atoms with van der Waals surface area (Å²) in [5, 5.41) is 3.61. The van der Waals surface area contributed by atoms with E-state index >= 15 is 0 Å². The lowest BCUT2D eigenvalue weighted by Gasteiger charge is -2.36. The minimum Gasteiger partial charge on any atom is -0.312 e. The van der Waals surface area contributed by atoms with E-state index in [2.05, 4.69) is 58.8 Å². The van der Waals surface area contributed by atoms with E-state index in [4.69, 9.17) is 0 Å². The zero-order chi connectivity index (χ0) is 13.2. The smallest absolute Gasteiger partial charge is 0.0105 e. The minimum absolute atomic E-state index is 0.231. The molecule has 0 bridgehead atoms. The van der Waals surface area contributed by atoms with E-state index in [9.17, 15) is 0 Å². The molecule has 0 amide bonds. The van der Waals surface area contributed by atoms with Crippen LogP contribution in [0.5, 0.6) is 0 Å². The SMILES string of the molecule is CC(CNC(C)(C)C)C(C)N(C)C(C)C1CC1. The molecule has 0 radical (unpaired) electrons. The van der Waals surface area contributed by atoms with Gasteiger partial charge in [-0.05, 0) is 72.9 Å². The normalized spacial score (nSPS) is 22.6. The Balaban J connectivity index is 2.36. The molecule has 1 aliphatic carbocycles. The molecule has 0 heterocycles. The molecule has 1 saturated carbocycles. The quantitative estimate of drug-likeness (QED) is 0.767. The predicted molar refractivity (Wildman–Crippen MR) is 76.3 cm³/mol. The Kier molecular flexibility index (Phi) is 5.03. The van der Waals surface area contributed by atoms with Crippen LogP contribution < -0.4 is 5.32 Å². The highest BCUT2D eigenvalue weighted by Gasteiger charge is 2.33. The van der Waals surface area contributed by atoms with Gasteiger partial charge in [0, 0.05) is 17.6 Å². The molecule has 0 aromatic heterocycles. The van der Waals surface area contributed by atoms with E-state index in [1.165, 1.54) is 12.8 Å². The lowest BCUT2D eigenvalue weighted by Crippen LogP contribution is -2.47. The molecule has 0 aliphatic heterocycles. The molecule has 0 spiro atoms. The standard InChI is InChI=1S/C15H32N2/c1-11(10-16-15(4,5)6)12(2)17(7)13(3)14-8-9-14/h11-14,16H,8-10H2,1-7H3. The van der Waals surface area contributed by atoms with E-state index in [0.29, 0.717) is 12.0 Å². The van der Waals surface area contributed by atoms with Gasteiger partial charge in [0.2, 0.25) is 0 Å². The van der Waals surface area contributed by atoms with Crippen molar-refractivity contribution in [2.45, 2.75) is 72.0 Å². The van der Waals surface area contributed by atoms with Crippen LogP contribution in [0.1, 0.15) is 54.4 Å². The summed E-state index contributed by atoms with van der Waals surface area (Å²) in [6, 6.07) is 1.41. The summed E-state index contributed by atoms with van der Waals surface area (Å²) in [6.45, 7) is 14.9. The van der Waals surface area contributed by atoms with Crippen LogP contribution in [0, 0.1) is 11.8 Å². The molecule has 1 fully saturated rings. The van der Waals surface area contributed by atoms with Gasteiger partial charge in [0.15, 0.2) is 0 Å². The van der Waals surface area contributed by atoms with Crippen molar-refractivity contribution in [2.24, 2.45) is 11.8 Å². The molecule has 2 heteroatoms. The zero-order valence-corrected chi connectivity index (χ0v) is 12.9. The molecule has 0 aromatic carbocycles. The van der Waals surface area contributed by atoms with Crippen LogP contribution in [0.25, 0.3) is 0 Å². The minimum atomic E-state index is 0.231. The van der Waals surface area contributed by atoms with Crippen molar-refractivity contribution in [3.63, 3.8) is 0 Å². The fraction of sp³-hybridized carbons (Fsp3) is 1.00. The summed E-state index contributed by atoms with van der Waals surface area (Å²) in [5.74, 6) is 1.66. The molecule has 102 valence electrons. The lowest BCUT2D eigenvalue weighted by atomic mass is 9.98. The van der Waals surface area contributed by atoms with Crippen molar-refractivity contribution in [2.75, 3.05) is 13.6 Å². The fourth-order valence-electron chi connectivity index (χ4n) is 2.32. The summed E-state index contributed by atoms with van der Waals surface area (Å²) in [4.78, 5) is 2.58. The van der Waals surface area contributed by atoms with Crippen LogP contribution in [-0.2, 0) is 0 Å². The summed E-state index contributed by atoms with van der Waals surface area (Å²) < 4.78 is 0. The molecule has 1 aliphatic rings.